The molecule has 1 aliphatic carbocycles. The van der Waals surface area contributed by atoms with Crippen LogP contribution in [0.1, 0.15) is 43.5 Å². The van der Waals surface area contributed by atoms with Crippen molar-refractivity contribution in [2.45, 2.75) is 57.1 Å². The number of carbonyl (C=O) groups is 1. The zero-order valence-corrected chi connectivity index (χ0v) is 16.1. The third-order valence-corrected chi connectivity index (χ3v) is 5.84. The smallest absolute Gasteiger partial charge is 0.233 e. The molecule has 6 heteroatoms. The highest BCUT2D eigenvalue weighted by molar-refractivity contribution is 7.99. The molecule has 1 aromatic heterocycles. The molecule has 134 valence electrons. The Hall–Kier alpha value is -1.82. The summed E-state index contributed by atoms with van der Waals surface area (Å²) in [7, 11) is 1.94. The van der Waals surface area contributed by atoms with E-state index in [1.807, 2.05) is 23.4 Å². The van der Waals surface area contributed by atoms with Gasteiger partial charge in [-0.3, -0.25) is 9.36 Å². The summed E-state index contributed by atoms with van der Waals surface area (Å²) >= 11 is 1.47. The number of hydrogen-bond acceptors (Lipinski definition) is 4. The van der Waals surface area contributed by atoms with Gasteiger partial charge in [-0.2, -0.15) is 0 Å². The molecule has 1 amide bonds. The maximum Gasteiger partial charge on any atom is 0.233 e. The van der Waals surface area contributed by atoms with Crippen molar-refractivity contribution in [3.05, 3.63) is 35.7 Å². The van der Waals surface area contributed by atoms with E-state index < -0.39 is 0 Å². The Morgan fingerprint density at radius 2 is 1.84 bits per heavy atom. The summed E-state index contributed by atoms with van der Waals surface area (Å²) in [6, 6.07) is 8.67. The van der Waals surface area contributed by atoms with Crippen LogP contribution in [0.15, 0.2) is 29.4 Å². The van der Waals surface area contributed by atoms with Crippen LogP contribution in [0.3, 0.4) is 0 Å². The van der Waals surface area contributed by atoms with Crippen LogP contribution in [0.5, 0.6) is 0 Å². The summed E-state index contributed by atoms with van der Waals surface area (Å²) in [4.78, 5) is 14.5. The number of benzene rings is 1. The average molecular weight is 359 g/mol. The highest BCUT2D eigenvalue weighted by atomic mass is 32.2. The fraction of sp³-hybridized carbons (Fsp3) is 0.526. The molecule has 1 heterocycles. The molecule has 0 aliphatic heterocycles. The van der Waals surface area contributed by atoms with E-state index >= 15 is 0 Å². The van der Waals surface area contributed by atoms with E-state index in [2.05, 4.69) is 41.4 Å². The second kappa shape index (κ2) is 8.04. The monoisotopic (exact) mass is 358 g/mol. The first-order chi connectivity index (χ1) is 12.1. The summed E-state index contributed by atoms with van der Waals surface area (Å²) < 4.78 is 2.01. The van der Waals surface area contributed by atoms with Gasteiger partial charge in [0.1, 0.15) is 5.82 Å². The molecular formula is C19H26N4OS. The fourth-order valence-electron chi connectivity index (χ4n) is 3.33. The van der Waals surface area contributed by atoms with Gasteiger partial charge in [-0.25, -0.2) is 0 Å². The van der Waals surface area contributed by atoms with Gasteiger partial charge in [0.15, 0.2) is 5.16 Å². The first-order valence-corrected chi connectivity index (χ1v) is 9.92. The van der Waals surface area contributed by atoms with Gasteiger partial charge in [0.25, 0.3) is 0 Å². The Labute approximate surface area is 153 Å². The first kappa shape index (κ1) is 18.0. The number of aromatic nitrogens is 3. The quantitative estimate of drug-likeness (QED) is 0.764. The van der Waals surface area contributed by atoms with E-state index in [0.717, 1.165) is 29.5 Å². The van der Waals surface area contributed by atoms with Gasteiger partial charge >= 0.3 is 0 Å². The predicted molar refractivity (Wildman–Crippen MR) is 101 cm³/mol. The maximum atomic E-state index is 12.6. The Morgan fingerprint density at radius 3 is 2.52 bits per heavy atom. The number of hydrogen-bond donors (Lipinski definition) is 0. The first-order valence-electron chi connectivity index (χ1n) is 8.94. The van der Waals surface area contributed by atoms with Crippen LogP contribution in [-0.4, -0.2) is 44.4 Å². The Morgan fingerprint density at radius 1 is 1.16 bits per heavy atom. The lowest BCUT2D eigenvalue weighted by atomic mass is 9.94. The molecule has 1 aliphatic rings. The molecule has 0 N–H and O–H groups in total. The fourth-order valence-corrected chi connectivity index (χ4v) is 4.25. The Kier molecular flexibility index (Phi) is 5.78. The molecule has 1 aromatic carbocycles. The highest BCUT2D eigenvalue weighted by Crippen LogP contribution is 2.25. The number of aryl methyl sites for hydroxylation is 2. The summed E-state index contributed by atoms with van der Waals surface area (Å²) in [5.74, 6) is 1.41. The molecule has 1 fully saturated rings. The lowest BCUT2D eigenvalue weighted by molar-refractivity contribution is -0.129. The van der Waals surface area contributed by atoms with Crippen molar-refractivity contribution in [3.8, 4) is 5.69 Å². The van der Waals surface area contributed by atoms with Crippen molar-refractivity contribution >= 4 is 17.7 Å². The number of thioether (sulfide) groups is 1. The lowest BCUT2D eigenvalue weighted by Crippen LogP contribution is -2.39. The van der Waals surface area contributed by atoms with Crippen molar-refractivity contribution in [2.24, 2.45) is 0 Å². The van der Waals surface area contributed by atoms with Crippen LogP contribution in [0.2, 0.25) is 0 Å². The topological polar surface area (TPSA) is 51.0 Å². The van der Waals surface area contributed by atoms with Crippen molar-refractivity contribution < 1.29 is 4.79 Å². The van der Waals surface area contributed by atoms with Crippen LogP contribution < -0.4 is 0 Å². The molecule has 0 saturated heterocycles. The van der Waals surface area contributed by atoms with Crippen molar-refractivity contribution in [2.75, 3.05) is 12.8 Å². The second-order valence-electron chi connectivity index (χ2n) is 6.79. The zero-order chi connectivity index (χ0) is 17.8. The highest BCUT2D eigenvalue weighted by Gasteiger charge is 2.22. The third-order valence-electron chi connectivity index (χ3n) is 4.93. The van der Waals surface area contributed by atoms with Gasteiger partial charge in [-0.1, -0.05) is 48.7 Å². The van der Waals surface area contributed by atoms with Gasteiger partial charge in [0, 0.05) is 18.8 Å². The zero-order valence-electron chi connectivity index (χ0n) is 15.2. The van der Waals surface area contributed by atoms with Gasteiger partial charge in [0.2, 0.25) is 5.91 Å². The van der Waals surface area contributed by atoms with Crippen LogP contribution >= 0.6 is 11.8 Å². The van der Waals surface area contributed by atoms with Gasteiger partial charge in [-0.05, 0) is 38.8 Å². The molecule has 0 atom stereocenters. The standard InChI is InChI=1S/C19H26N4OS/c1-14-9-11-17(12-10-14)23-15(2)20-21-19(23)25-13-18(24)22(3)16-7-5-4-6-8-16/h9-12,16H,4-8,13H2,1-3H3. The van der Waals surface area contributed by atoms with E-state index in [4.69, 9.17) is 0 Å². The molecule has 5 nitrogen and oxygen atoms in total. The largest absolute Gasteiger partial charge is 0.342 e. The molecule has 0 radical (unpaired) electrons. The van der Waals surface area contributed by atoms with Gasteiger partial charge < -0.3 is 4.90 Å². The van der Waals surface area contributed by atoms with Crippen molar-refractivity contribution in [1.29, 1.82) is 0 Å². The average Bonchev–Trinajstić information content (AvgIpc) is 3.01. The second-order valence-corrected chi connectivity index (χ2v) is 7.73. The molecule has 3 rings (SSSR count). The molecule has 1 saturated carbocycles. The normalized spacial score (nSPS) is 15.3. The lowest BCUT2D eigenvalue weighted by Gasteiger charge is -2.31. The van der Waals surface area contributed by atoms with Crippen LogP contribution in [0, 0.1) is 13.8 Å². The van der Waals surface area contributed by atoms with Crippen molar-refractivity contribution in [3.63, 3.8) is 0 Å². The van der Waals surface area contributed by atoms with Crippen LogP contribution in [0.25, 0.3) is 5.69 Å². The van der Waals surface area contributed by atoms with E-state index in [1.54, 1.807) is 0 Å². The van der Waals surface area contributed by atoms with E-state index in [-0.39, 0.29) is 5.91 Å². The predicted octanol–water partition coefficient (Wildman–Crippen LogP) is 3.77. The summed E-state index contributed by atoms with van der Waals surface area (Å²) in [6.07, 6.45) is 6.02. The Bertz CT molecular complexity index is 720. The van der Waals surface area contributed by atoms with E-state index in [9.17, 15) is 4.79 Å². The minimum absolute atomic E-state index is 0.174. The maximum absolute atomic E-state index is 12.6. The Balaban J connectivity index is 1.67. The van der Waals surface area contributed by atoms with Crippen molar-refractivity contribution in [1.82, 2.24) is 19.7 Å². The number of rotatable bonds is 5. The van der Waals surface area contributed by atoms with Crippen LogP contribution in [0.4, 0.5) is 0 Å². The number of carbonyl (C=O) groups excluding carboxylic acids is 1. The SMILES string of the molecule is Cc1ccc(-n2c(C)nnc2SCC(=O)N(C)C2CCCCC2)cc1. The molecular weight excluding hydrogens is 332 g/mol. The molecule has 0 spiro atoms. The minimum atomic E-state index is 0.174. The molecule has 25 heavy (non-hydrogen) atoms. The van der Waals surface area contributed by atoms with E-state index in [0.29, 0.717) is 11.8 Å². The van der Waals surface area contributed by atoms with E-state index in [1.165, 1.54) is 36.6 Å². The number of amides is 1. The summed E-state index contributed by atoms with van der Waals surface area (Å²) in [5.41, 5.74) is 2.25. The third kappa shape index (κ3) is 4.24. The summed E-state index contributed by atoms with van der Waals surface area (Å²) in [5, 5.41) is 9.23. The van der Waals surface area contributed by atoms with Gasteiger partial charge in [0.05, 0.1) is 5.75 Å². The van der Waals surface area contributed by atoms with Gasteiger partial charge in [-0.15, -0.1) is 10.2 Å². The number of nitrogens with zero attached hydrogens (tertiary/aromatic N) is 4. The van der Waals surface area contributed by atoms with Crippen LogP contribution in [-0.2, 0) is 4.79 Å². The summed E-state index contributed by atoms with van der Waals surface area (Å²) in [6.45, 7) is 4.01. The minimum Gasteiger partial charge on any atom is -0.342 e. The molecule has 0 unspecified atom stereocenters. The molecule has 2 aromatic rings. The molecule has 0 bridgehead atoms.